The smallest absolute Gasteiger partial charge is 0.0608 e. The van der Waals surface area contributed by atoms with Crippen molar-refractivity contribution in [2.75, 3.05) is 19.8 Å². The first-order chi connectivity index (χ1) is 9.29. The van der Waals surface area contributed by atoms with Gasteiger partial charge in [-0.15, -0.1) is 11.8 Å². The second kappa shape index (κ2) is 5.86. The summed E-state index contributed by atoms with van der Waals surface area (Å²) in [6.07, 6.45) is 1.27. The minimum absolute atomic E-state index is 0.503. The topological polar surface area (TPSA) is 21.3 Å². The summed E-state index contributed by atoms with van der Waals surface area (Å²) in [7, 11) is 0. The summed E-state index contributed by atoms with van der Waals surface area (Å²) in [4.78, 5) is 0. The SMILES string of the molecule is CCNC1c2ccccc2C(C)CC1SC1COC1. The van der Waals surface area contributed by atoms with Crippen molar-refractivity contribution in [2.45, 2.75) is 42.7 Å². The van der Waals surface area contributed by atoms with Gasteiger partial charge in [-0.3, -0.25) is 0 Å². The van der Waals surface area contributed by atoms with Crippen LogP contribution in [0.1, 0.15) is 43.4 Å². The molecule has 0 radical (unpaired) electrons. The molecular formula is C16H23NOS. The highest BCUT2D eigenvalue weighted by Crippen LogP contribution is 2.44. The first-order valence-electron chi connectivity index (χ1n) is 7.35. The largest absolute Gasteiger partial charge is 0.379 e. The normalized spacial score (nSPS) is 30.7. The molecule has 1 aromatic rings. The zero-order chi connectivity index (χ0) is 13.2. The summed E-state index contributed by atoms with van der Waals surface area (Å²) in [5.41, 5.74) is 3.05. The Morgan fingerprint density at radius 3 is 2.63 bits per heavy atom. The molecule has 104 valence electrons. The van der Waals surface area contributed by atoms with Crippen LogP contribution >= 0.6 is 11.8 Å². The van der Waals surface area contributed by atoms with Gasteiger partial charge in [0.05, 0.1) is 18.5 Å². The van der Waals surface area contributed by atoms with Crippen molar-refractivity contribution in [1.29, 1.82) is 0 Å². The number of rotatable bonds is 4. The standard InChI is InChI=1S/C16H23NOS/c1-3-17-16-14-7-5-4-6-13(14)11(2)8-15(16)19-12-9-18-10-12/h4-7,11-12,15-17H,3,8-10H2,1-2H3. The van der Waals surface area contributed by atoms with E-state index in [1.165, 1.54) is 17.5 Å². The zero-order valence-corrected chi connectivity index (χ0v) is 12.6. The second-order valence-electron chi connectivity index (χ2n) is 5.64. The Bertz CT molecular complexity index is 433. The molecule has 1 heterocycles. The van der Waals surface area contributed by atoms with Crippen molar-refractivity contribution in [3.63, 3.8) is 0 Å². The fourth-order valence-electron chi connectivity index (χ4n) is 3.19. The third-order valence-corrected chi connectivity index (χ3v) is 5.69. The summed E-state index contributed by atoms with van der Waals surface area (Å²) in [5, 5.41) is 5.09. The van der Waals surface area contributed by atoms with Crippen LogP contribution in [0.4, 0.5) is 0 Å². The quantitative estimate of drug-likeness (QED) is 0.912. The van der Waals surface area contributed by atoms with Gasteiger partial charge in [0.2, 0.25) is 0 Å². The van der Waals surface area contributed by atoms with Crippen molar-refractivity contribution < 1.29 is 4.74 Å². The molecule has 3 unspecified atom stereocenters. The van der Waals surface area contributed by atoms with Gasteiger partial charge >= 0.3 is 0 Å². The Hall–Kier alpha value is -0.510. The minimum atomic E-state index is 0.503. The van der Waals surface area contributed by atoms with Crippen molar-refractivity contribution in [2.24, 2.45) is 0 Å². The van der Waals surface area contributed by atoms with Gasteiger partial charge in [0.1, 0.15) is 0 Å². The van der Waals surface area contributed by atoms with Crippen LogP contribution in [0.3, 0.4) is 0 Å². The Morgan fingerprint density at radius 2 is 2.00 bits per heavy atom. The minimum Gasteiger partial charge on any atom is -0.379 e. The highest BCUT2D eigenvalue weighted by molar-refractivity contribution is 8.00. The highest BCUT2D eigenvalue weighted by Gasteiger charge is 2.35. The molecule has 1 saturated heterocycles. The number of hydrogen-bond donors (Lipinski definition) is 1. The molecule has 1 N–H and O–H groups in total. The molecule has 0 saturated carbocycles. The molecule has 1 aromatic carbocycles. The molecule has 2 aliphatic rings. The molecule has 0 aromatic heterocycles. The van der Waals surface area contributed by atoms with Crippen molar-refractivity contribution >= 4 is 11.8 Å². The highest BCUT2D eigenvalue weighted by atomic mass is 32.2. The van der Waals surface area contributed by atoms with Crippen LogP contribution in [-0.2, 0) is 4.74 Å². The molecular weight excluding hydrogens is 254 g/mol. The molecule has 3 atom stereocenters. The fourth-order valence-corrected chi connectivity index (χ4v) is 4.83. The van der Waals surface area contributed by atoms with Crippen LogP contribution in [0, 0.1) is 0 Å². The lowest BCUT2D eigenvalue weighted by Crippen LogP contribution is -2.39. The number of benzene rings is 1. The predicted octanol–water partition coefficient (Wildman–Crippen LogP) is 3.35. The fraction of sp³-hybridized carbons (Fsp3) is 0.625. The predicted molar refractivity (Wildman–Crippen MR) is 81.9 cm³/mol. The van der Waals surface area contributed by atoms with E-state index in [1.54, 1.807) is 0 Å². The molecule has 1 aliphatic heterocycles. The van der Waals surface area contributed by atoms with Gasteiger partial charge in [-0.2, -0.15) is 0 Å². The van der Waals surface area contributed by atoms with E-state index in [4.69, 9.17) is 4.74 Å². The van der Waals surface area contributed by atoms with Crippen molar-refractivity contribution in [1.82, 2.24) is 5.32 Å². The number of fused-ring (bicyclic) bond motifs is 1. The van der Waals surface area contributed by atoms with Gasteiger partial charge in [-0.1, -0.05) is 38.1 Å². The van der Waals surface area contributed by atoms with Crippen LogP contribution in [0.5, 0.6) is 0 Å². The van der Waals surface area contributed by atoms with E-state index >= 15 is 0 Å². The van der Waals surface area contributed by atoms with Crippen molar-refractivity contribution in [3.8, 4) is 0 Å². The van der Waals surface area contributed by atoms with E-state index in [1.807, 2.05) is 0 Å². The van der Waals surface area contributed by atoms with Gasteiger partial charge in [-0.05, 0) is 30.0 Å². The van der Waals surface area contributed by atoms with E-state index in [0.717, 1.165) is 19.8 Å². The summed E-state index contributed by atoms with van der Waals surface area (Å²) in [5.74, 6) is 0.671. The third-order valence-electron chi connectivity index (χ3n) is 4.22. The maximum atomic E-state index is 5.33. The first-order valence-corrected chi connectivity index (χ1v) is 8.29. The molecule has 0 bridgehead atoms. The van der Waals surface area contributed by atoms with Crippen LogP contribution in [0.25, 0.3) is 0 Å². The van der Waals surface area contributed by atoms with Gasteiger partial charge < -0.3 is 10.1 Å². The Kier molecular flexibility index (Phi) is 4.15. The van der Waals surface area contributed by atoms with E-state index < -0.39 is 0 Å². The van der Waals surface area contributed by atoms with Gasteiger partial charge in [0.15, 0.2) is 0 Å². The lowest BCUT2D eigenvalue weighted by molar-refractivity contribution is 0.0451. The summed E-state index contributed by atoms with van der Waals surface area (Å²) < 4.78 is 5.33. The van der Waals surface area contributed by atoms with Crippen LogP contribution < -0.4 is 5.32 Å². The lowest BCUT2D eigenvalue weighted by atomic mass is 9.80. The monoisotopic (exact) mass is 277 g/mol. The maximum Gasteiger partial charge on any atom is 0.0608 e. The van der Waals surface area contributed by atoms with Crippen LogP contribution in [0.2, 0.25) is 0 Å². The average molecular weight is 277 g/mol. The zero-order valence-electron chi connectivity index (χ0n) is 11.8. The van der Waals surface area contributed by atoms with Gasteiger partial charge in [0.25, 0.3) is 0 Å². The van der Waals surface area contributed by atoms with E-state index in [9.17, 15) is 0 Å². The Morgan fingerprint density at radius 1 is 1.26 bits per heavy atom. The first kappa shape index (κ1) is 13.5. The van der Waals surface area contributed by atoms with E-state index in [0.29, 0.717) is 22.5 Å². The molecule has 0 amide bonds. The Balaban J connectivity index is 1.84. The average Bonchev–Trinajstić information content (AvgIpc) is 2.38. The second-order valence-corrected chi connectivity index (χ2v) is 7.18. The van der Waals surface area contributed by atoms with E-state index in [-0.39, 0.29) is 0 Å². The summed E-state index contributed by atoms with van der Waals surface area (Å²) in [6.45, 7) is 7.48. The lowest BCUT2D eigenvalue weighted by Gasteiger charge is -2.40. The summed E-state index contributed by atoms with van der Waals surface area (Å²) >= 11 is 2.14. The van der Waals surface area contributed by atoms with E-state index in [2.05, 4.69) is 55.2 Å². The van der Waals surface area contributed by atoms with Crippen LogP contribution in [0.15, 0.2) is 24.3 Å². The van der Waals surface area contributed by atoms with Gasteiger partial charge in [-0.25, -0.2) is 0 Å². The number of thioether (sulfide) groups is 1. The van der Waals surface area contributed by atoms with Gasteiger partial charge in [0, 0.05) is 11.3 Å². The number of hydrogen-bond acceptors (Lipinski definition) is 3. The maximum absolute atomic E-state index is 5.33. The number of ether oxygens (including phenoxy) is 1. The summed E-state index contributed by atoms with van der Waals surface area (Å²) in [6, 6.07) is 9.46. The van der Waals surface area contributed by atoms with Crippen LogP contribution in [-0.4, -0.2) is 30.3 Å². The molecule has 3 rings (SSSR count). The molecule has 3 heteroatoms. The molecule has 2 nitrogen and oxygen atoms in total. The molecule has 1 fully saturated rings. The third kappa shape index (κ3) is 2.69. The Labute approximate surface area is 120 Å². The van der Waals surface area contributed by atoms with Crippen molar-refractivity contribution in [3.05, 3.63) is 35.4 Å². The molecule has 19 heavy (non-hydrogen) atoms. The number of nitrogens with one attached hydrogen (secondary N) is 1. The molecule has 1 aliphatic carbocycles. The molecule has 0 spiro atoms.